The van der Waals surface area contributed by atoms with Gasteiger partial charge in [0.2, 0.25) is 5.91 Å². The van der Waals surface area contributed by atoms with Crippen molar-refractivity contribution in [1.29, 1.82) is 0 Å². The molecule has 0 bridgehead atoms. The van der Waals surface area contributed by atoms with E-state index in [2.05, 4.69) is 4.98 Å². The van der Waals surface area contributed by atoms with Gasteiger partial charge in [0.1, 0.15) is 12.1 Å². The summed E-state index contributed by atoms with van der Waals surface area (Å²) in [6, 6.07) is 5.33. The fourth-order valence-corrected chi connectivity index (χ4v) is 3.24. The number of amides is 2. The summed E-state index contributed by atoms with van der Waals surface area (Å²) in [5.74, 6) is -2.22. The lowest BCUT2D eigenvalue weighted by Gasteiger charge is -2.45. The summed E-state index contributed by atoms with van der Waals surface area (Å²) in [4.78, 5) is 31.7. The second-order valence-corrected chi connectivity index (χ2v) is 7.52. The maximum absolute atomic E-state index is 14.2. The van der Waals surface area contributed by atoms with Gasteiger partial charge in [0.25, 0.3) is 5.91 Å². The normalized spacial score (nSPS) is 17.1. The standard InChI is InChI=1S/C19H16ClF4N3O2/c1-18(2)17(29)26(16-14(21)7-13(20)8-25-16)10-15(28)27(18)9-11-3-5-12(6-4-11)19(22,23)24/h3-8H,9-10H2,1-2H3. The van der Waals surface area contributed by atoms with Crippen LogP contribution in [0.15, 0.2) is 36.5 Å². The molecule has 154 valence electrons. The summed E-state index contributed by atoms with van der Waals surface area (Å²) < 4.78 is 52.4. The molecular formula is C19H16ClF4N3O2. The Morgan fingerprint density at radius 2 is 1.79 bits per heavy atom. The third-order valence-electron chi connectivity index (χ3n) is 4.70. The second kappa shape index (κ2) is 7.29. The number of pyridine rings is 1. The zero-order valence-electron chi connectivity index (χ0n) is 15.4. The van der Waals surface area contributed by atoms with Gasteiger partial charge in [0.15, 0.2) is 11.6 Å². The SMILES string of the molecule is CC1(C)C(=O)N(c2ncc(Cl)cc2F)CC(=O)N1Cc1ccc(C(F)(F)F)cc1. The highest BCUT2D eigenvalue weighted by Gasteiger charge is 2.47. The number of alkyl halides is 3. The lowest BCUT2D eigenvalue weighted by molar-refractivity contribution is -0.149. The van der Waals surface area contributed by atoms with Crippen LogP contribution >= 0.6 is 11.6 Å². The summed E-state index contributed by atoms with van der Waals surface area (Å²) >= 11 is 5.68. The van der Waals surface area contributed by atoms with Crippen LogP contribution in [-0.2, 0) is 22.3 Å². The van der Waals surface area contributed by atoms with Crippen LogP contribution in [0.1, 0.15) is 25.0 Å². The average molecular weight is 430 g/mol. The van der Waals surface area contributed by atoms with Gasteiger partial charge in [-0.25, -0.2) is 9.37 Å². The first-order valence-corrected chi connectivity index (χ1v) is 8.88. The molecule has 0 unspecified atom stereocenters. The molecule has 1 aromatic carbocycles. The minimum atomic E-state index is -4.47. The Hall–Kier alpha value is -2.68. The monoisotopic (exact) mass is 429 g/mol. The number of carbonyl (C=O) groups excluding carboxylic acids is 2. The van der Waals surface area contributed by atoms with Crippen molar-refractivity contribution in [2.24, 2.45) is 0 Å². The molecule has 3 rings (SSSR count). The molecule has 0 N–H and O–H groups in total. The van der Waals surface area contributed by atoms with Gasteiger partial charge >= 0.3 is 6.18 Å². The molecule has 2 amide bonds. The minimum absolute atomic E-state index is 0.0465. The van der Waals surface area contributed by atoms with Gasteiger partial charge in [-0.15, -0.1) is 0 Å². The van der Waals surface area contributed by atoms with Gasteiger partial charge in [0.05, 0.1) is 10.6 Å². The highest BCUT2D eigenvalue weighted by molar-refractivity contribution is 6.30. The van der Waals surface area contributed by atoms with Gasteiger partial charge in [0, 0.05) is 12.7 Å². The molecule has 1 aromatic heterocycles. The maximum Gasteiger partial charge on any atom is 0.416 e. The number of nitrogens with zero attached hydrogens (tertiary/aromatic N) is 3. The van der Waals surface area contributed by atoms with Gasteiger partial charge in [-0.1, -0.05) is 23.7 Å². The first kappa shape index (κ1) is 21.0. The Labute approximate surface area is 168 Å². The number of benzene rings is 1. The van der Waals surface area contributed by atoms with E-state index in [9.17, 15) is 27.2 Å². The Morgan fingerprint density at radius 1 is 1.17 bits per heavy atom. The molecule has 0 atom stereocenters. The van der Waals surface area contributed by atoms with Crippen molar-refractivity contribution >= 4 is 29.2 Å². The van der Waals surface area contributed by atoms with Crippen LogP contribution in [-0.4, -0.2) is 33.8 Å². The van der Waals surface area contributed by atoms with Crippen LogP contribution in [0.4, 0.5) is 23.4 Å². The van der Waals surface area contributed by atoms with Gasteiger partial charge < -0.3 is 4.90 Å². The van der Waals surface area contributed by atoms with Crippen molar-refractivity contribution < 1.29 is 27.2 Å². The van der Waals surface area contributed by atoms with Crippen LogP contribution in [0.2, 0.25) is 5.02 Å². The molecule has 1 fully saturated rings. The quantitative estimate of drug-likeness (QED) is 0.692. The number of anilines is 1. The predicted molar refractivity (Wildman–Crippen MR) is 97.6 cm³/mol. The molecule has 29 heavy (non-hydrogen) atoms. The van der Waals surface area contributed by atoms with Crippen LogP contribution in [0, 0.1) is 5.82 Å². The molecule has 2 aromatic rings. The van der Waals surface area contributed by atoms with Crippen molar-refractivity contribution in [2.45, 2.75) is 32.1 Å². The molecule has 5 nitrogen and oxygen atoms in total. The van der Waals surface area contributed by atoms with E-state index in [1.54, 1.807) is 0 Å². The van der Waals surface area contributed by atoms with Gasteiger partial charge in [-0.2, -0.15) is 13.2 Å². The number of aromatic nitrogens is 1. The summed E-state index contributed by atoms with van der Waals surface area (Å²) in [6.07, 6.45) is -3.30. The number of piperazine rings is 1. The Morgan fingerprint density at radius 3 is 2.34 bits per heavy atom. The summed E-state index contributed by atoms with van der Waals surface area (Å²) in [6.45, 7) is 2.45. The summed E-state index contributed by atoms with van der Waals surface area (Å²) in [7, 11) is 0. The van der Waals surface area contributed by atoms with Crippen molar-refractivity contribution in [3.63, 3.8) is 0 Å². The first-order chi connectivity index (χ1) is 13.4. The van der Waals surface area contributed by atoms with E-state index in [0.29, 0.717) is 5.56 Å². The third-order valence-corrected chi connectivity index (χ3v) is 4.91. The number of halogens is 5. The molecular weight excluding hydrogens is 414 g/mol. The maximum atomic E-state index is 14.2. The Balaban J connectivity index is 1.86. The fourth-order valence-electron chi connectivity index (χ4n) is 3.09. The molecule has 0 radical (unpaired) electrons. The van der Waals surface area contributed by atoms with E-state index in [1.165, 1.54) is 37.1 Å². The topological polar surface area (TPSA) is 53.5 Å². The van der Waals surface area contributed by atoms with Crippen LogP contribution in [0.3, 0.4) is 0 Å². The lowest BCUT2D eigenvalue weighted by atomic mass is 9.95. The Kier molecular flexibility index (Phi) is 5.29. The number of carbonyl (C=O) groups is 2. The highest BCUT2D eigenvalue weighted by Crippen LogP contribution is 2.32. The van der Waals surface area contributed by atoms with Crippen molar-refractivity contribution in [3.8, 4) is 0 Å². The lowest BCUT2D eigenvalue weighted by Crippen LogP contribution is -2.65. The second-order valence-electron chi connectivity index (χ2n) is 7.08. The Bertz CT molecular complexity index is 961. The van der Waals surface area contributed by atoms with E-state index < -0.39 is 41.5 Å². The molecule has 1 aliphatic rings. The number of hydrogen-bond donors (Lipinski definition) is 0. The van der Waals surface area contributed by atoms with Crippen LogP contribution in [0.25, 0.3) is 0 Å². The molecule has 1 aliphatic heterocycles. The number of rotatable bonds is 3. The molecule has 0 aliphatic carbocycles. The van der Waals surface area contributed by atoms with Crippen molar-refractivity contribution in [3.05, 3.63) is 58.5 Å². The van der Waals surface area contributed by atoms with E-state index in [1.807, 2.05) is 0 Å². The third kappa shape index (κ3) is 4.05. The zero-order valence-corrected chi connectivity index (χ0v) is 16.2. The largest absolute Gasteiger partial charge is 0.416 e. The zero-order chi connectivity index (χ0) is 21.6. The minimum Gasteiger partial charge on any atom is -0.323 e. The van der Waals surface area contributed by atoms with E-state index in [-0.39, 0.29) is 17.4 Å². The predicted octanol–water partition coefficient (Wildman–Crippen LogP) is 4.05. The molecule has 0 saturated carbocycles. The van der Waals surface area contributed by atoms with E-state index in [4.69, 9.17) is 11.6 Å². The van der Waals surface area contributed by atoms with Gasteiger partial charge in [-0.3, -0.25) is 14.5 Å². The van der Waals surface area contributed by atoms with Crippen LogP contribution < -0.4 is 4.90 Å². The van der Waals surface area contributed by atoms with Gasteiger partial charge in [-0.05, 0) is 37.6 Å². The fraction of sp³-hybridized carbons (Fsp3) is 0.316. The smallest absolute Gasteiger partial charge is 0.323 e. The average Bonchev–Trinajstić information content (AvgIpc) is 2.62. The molecule has 10 heteroatoms. The molecule has 1 saturated heterocycles. The van der Waals surface area contributed by atoms with E-state index >= 15 is 0 Å². The van der Waals surface area contributed by atoms with Crippen molar-refractivity contribution in [2.75, 3.05) is 11.4 Å². The molecule has 2 heterocycles. The summed E-state index contributed by atoms with van der Waals surface area (Å²) in [5.41, 5.74) is -1.75. The van der Waals surface area contributed by atoms with Crippen LogP contribution in [0.5, 0.6) is 0 Å². The van der Waals surface area contributed by atoms with Crippen molar-refractivity contribution in [1.82, 2.24) is 9.88 Å². The molecule has 0 spiro atoms. The highest BCUT2D eigenvalue weighted by atomic mass is 35.5. The van der Waals surface area contributed by atoms with E-state index in [0.717, 1.165) is 23.1 Å². The summed E-state index contributed by atoms with van der Waals surface area (Å²) in [5, 5.41) is 0.0465. The number of hydrogen-bond acceptors (Lipinski definition) is 3. The first-order valence-electron chi connectivity index (χ1n) is 8.51.